The number of urea groups is 1. The van der Waals surface area contributed by atoms with Gasteiger partial charge in [0.1, 0.15) is 5.82 Å². The molecule has 0 fully saturated rings. The van der Waals surface area contributed by atoms with Crippen molar-refractivity contribution in [2.24, 2.45) is 0 Å². The smallest absolute Gasteiger partial charge is 0.319 e. The third-order valence-electron chi connectivity index (χ3n) is 4.06. The zero-order chi connectivity index (χ0) is 20.1. The summed E-state index contributed by atoms with van der Waals surface area (Å²) >= 11 is 0. The number of fused-ring (bicyclic) bond motifs is 1. The van der Waals surface area contributed by atoms with Gasteiger partial charge in [0.2, 0.25) is 0 Å². The number of nitrogens with zero attached hydrogens (tertiary/aromatic N) is 2. The van der Waals surface area contributed by atoms with Gasteiger partial charge in [-0.1, -0.05) is 12.1 Å². The van der Waals surface area contributed by atoms with Crippen molar-refractivity contribution in [2.45, 2.75) is 26.4 Å². The van der Waals surface area contributed by atoms with Crippen LogP contribution in [0.4, 0.5) is 14.9 Å². The number of benzene rings is 2. The summed E-state index contributed by atoms with van der Waals surface area (Å²) in [7, 11) is 0. The van der Waals surface area contributed by atoms with Gasteiger partial charge in [0.15, 0.2) is 0 Å². The number of nitrogens with one attached hydrogen (secondary N) is 3. The Kier molecular flexibility index (Phi) is 5.88. The van der Waals surface area contributed by atoms with E-state index in [1.165, 1.54) is 12.1 Å². The molecule has 2 aromatic carbocycles. The first-order chi connectivity index (χ1) is 13.4. The molecule has 0 bridgehead atoms. The maximum atomic E-state index is 13.5. The first-order valence-electron chi connectivity index (χ1n) is 8.99. The quantitative estimate of drug-likeness (QED) is 0.611. The van der Waals surface area contributed by atoms with Crippen LogP contribution in [-0.4, -0.2) is 34.1 Å². The fraction of sp³-hybridized carbons (Fsp3) is 0.250. The van der Waals surface area contributed by atoms with Gasteiger partial charge >= 0.3 is 6.03 Å². The van der Waals surface area contributed by atoms with Crippen LogP contribution in [0.15, 0.2) is 48.8 Å². The van der Waals surface area contributed by atoms with Crippen LogP contribution in [0.3, 0.4) is 0 Å². The minimum atomic E-state index is -0.490. The van der Waals surface area contributed by atoms with E-state index in [1.807, 2.05) is 24.5 Å². The number of carbonyl (C=O) groups excluding carboxylic acids is 2. The molecule has 0 radical (unpaired) electrons. The minimum Gasteiger partial charge on any atom is -0.350 e. The van der Waals surface area contributed by atoms with Crippen LogP contribution in [-0.2, 0) is 6.54 Å². The summed E-state index contributed by atoms with van der Waals surface area (Å²) in [5.41, 5.74) is 2.23. The molecule has 3 N–H and O–H groups in total. The van der Waals surface area contributed by atoms with E-state index in [0.29, 0.717) is 24.2 Å². The van der Waals surface area contributed by atoms with E-state index >= 15 is 0 Å². The second kappa shape index (κ2) is 8.51. The lowest BCUT2D eigenvalue weighted by Crippen LogP contribution is -2.31. The number of rotatable bonds is 6. The van der Waals surface area contributed by atoms with Crippen molar-refractivity contribution >= 4 is 28.7 Å². The molecule has 0 aliphatic rings. The third kappa shape index (κ3) is 4.64. The van der Waals surface area contributed by atoms with Crippen LogP contribution in [0.2, 0.25) is 0 Å². The molecule has 0 spiro atoms. The summed E-state index contributed by atoms with van der Waals surface area (Å²) in [6.07, 6.45) is 1.66. The predicted molar refractivity (Wildman–Crippen MR) is 106 cm³/mol. The second-order valence-corrected chi connectivity index (χ2v) is 6.63. The van der Waals surface area contributed by atoms with Gasteiger partial charge in [-0.15, -0.1) is 0 Å². The lowest BCUT2D eigenvalue weighted by Gasteiger charge is -2.10. The Labute approximate surface area is 162 Å². The Balaban J connectivity index is 1.58. The highest BCUT2D eigenvalue weighted by Gasteiger charge is 2.11. The van der Waals surface area contributed by atoms with Crippen LogP contribution in [0.1, 0.15) is 24.2 Å². The molecule has 0 saturated carbocycles. The summed E-state index contributed by atoms with van der Waals surface area (Å²) in [5.74, 6) is -0.631. The minimum absolute atomic E-state index is 0.0577. The predicted octanol–water partition coefficient (Wildman–Crippen LogP) is 3.14. The molecule has 0 unspecified atom stereocenters. The van der Waals surface area contributed by atoms with Gasteiger partial charge in [-0.25, -0.2) is 14.2 Å². The molecule has 1 aromatic heterocycles. The van der Waals surface area contributed by atoms with E-state index < -0.39 is 11.8 Å². The number of hydrogen-bond donors (Lipinski definition) is 3. The van der Waals surface area contributed by atoms with Crippen LogP contribution in [0.25, 0.3) is 11.0 Å². The van der Waals surface area contributed by atoms with Crippen molar-refractivity contribution in [1.29, 1.82) is 0 Å². The average molecular weight is 383 g/mol. The third-order valence-corrected chi connectivity index (χ3v) is 4.06. The van der Waals surface area contributed by atoms with Crippen molar-refractivity contribution in [3.63, 3.8) is 0 Å². The van der Waals surface area contributed by atoms with E-state index in [9.17, 15) is 14.0 Å². The number of hydrogen-bond acceptors (Lipinski definition) is 3. The number of amides is 3. The van der Waals surface area contributed by atoms with E-state index in [1.54, 1.807) is 30.6 Å². The molecule has 0 aliphatic carbocycles. The summed E-state index contributed by atoms with van der Waals surface area (Å²) in [5, 5.41) is 8.00. The van der Waals surface area contributed by atoms with Gasteiger partial charge in [0, 0.05) is 24.7 Å². The highest BCUT2D eigenvalue weighted by atomic mass is 19.1. The van der Waals surface area contributed by atoms with Crippen molar-refractivity contribution < 1.29 is 14.0 Å². The molecule has 0 atom stereocenters. The Morgan fingerprint density at radius 3 is 2.71 bits per heavy atom. The van der Waals surface area contributed by atoms with Crippen molar-refractivity contribution in [1.82, 2.24) is 20.2 Å². The number of imidazole rings is 1. The lowest BCUT2D eigenvalue weighted by atomic mass is 10.2. The molecular formula is C20H22FN5O2. The molecule has 3 amide bonds. The highest BCUT2D eigenvalue weighted by molar-refractivity contribution is 5.97. The zero-order valence-electron chi connectivity index (χ0n) is 15.7. The number of anilines is 1. The van der Waals surface area contributed by atoms with E-state index in [0.717, 1.165) is 5.52 Å². The van der Waals surface area contributed by atoms with Crippen LogP contribution in [0.5, 0.6) is 0 Å². The van der Waals surface area contributed by atoms with Gasteiger partial charge in [-0.05, 0) is 44.2 Å². The van der Waals surface area contributed by atoms with E-state index in [4.69, 9.17) is 0 Å². The van der Waals surface area contributed by atoms with Gasteiger partial charge in [-0.2, -0.15) is 0 Å². The van der Waals surface area contributed by atoms with Gasteiger partial charge in [0.25, 0.3) is 5.91 Å². The van der Waals surface area contributed by atoms with Gasteiger partial charge < -0.3 is 20.5 Å². The number of aromatic nitrogens is 2. The topological polar surface area (TPSA) is 88.1 Å². The second-order valence-electron chi connectivity index (χ2n) is 6.63. The summed E-state index contributed by atoms with van der Waals surface area (Å²) < 4.78 is 15.4. The summed E-state index contributed by atoms with van der Waals surface area (Å²) in [6, 6.07) is 10.9. The highest BCUT2D eigenvalue weighted by Crippen LogP contribution is 2.15. The SMILES string of the molecule is CC(C)NC(=O)c1ccc2c(c1)ncn2CCNC(=O)Nc1ccccc1F. The molecule has 7 nitrogen and oxygen atoms in total. The van der Waals surface area contributed by atoms with E-state index in [2.05, 4.69) is 20.9 Å². The lowest BCUT2D eigenvalue weighted by molar-refractivity contribution is 0.0943. The largest absolute Gasteiger partial charge is 0.350 e. The molecule has 3 rings (SSSR count). The van der Waals surface area contributed by atoms with Crippen molar-refractivity contribution in [3.05, 3.63) is 60.2 Å². The molecule has 0 saturated heterocycles. The summed E-state index contributed by atoms with van der Waals surface area (Å²) in [6.45, 7) is 4.63. The monoisotopic (exact) mass is 383 g/mol. The number of carbonyl (C=O) groups is 2. The molecule has 8 heteroatoms. The molecule has 1 heterocycles. The Hall–Kier alpha value is -3.42. The number of halogens is 1. The normalized spacial score (nSPS) is 10.9. The fourth-order valence-corrected chi connectivity index (χ4v) is 2.75. The average Bonchev–Trinajstić information content (AvgIpc) is 3.05. The standard InChI is InChI=1S/C20H22FN5O2/c1-13(2)24-19(27)14-7-8-18-17(11-14)23-12-26(18)10-9-22-20(28)25-16-6-4-3-5-15(16)21/h3-8,11-13H,9-10H2,1-2H3,(H,24,27)(H2,22,25,28). The maximum absolute atomic E-state index is 13.5. The summed E-state index contributed by atoms with van der Waals surface area (Å²) in [4.78, 5) is 28.3. The Morgan fingerprint density at radius 2 is 1.96 bits per heavy atom. The first-order valence-corrected chi connectivity index (χ1v) is 8.99. The molecule has 3 aromatic rings. The Bertz CT molecular complexity index is 999. The Morgan fingerprint density at radius 1 is 1.18 bits per heavy atom. The molecular weight excluding hydrogens is 361 g/mol. The van der Waals surface area contributed by atoms with Crippen molar-refractivity contribution in [3.8, 4) is 0 Å². The molecule has 0 aliphatic heterocycles. The van der Waals surface area contributed by atoms with Crippen LogP contribution in [0, 0.1) is 5.82 Å². The zero-order valence-corrected chi connectivity index (χ0v) is 15.7. The maximum Gasteiger partial charge on any atom is 0.319 e. The van der Waals surface area contributed by atoms with E-state index in [-0.39, 0.29) is 17.6 Å². The first kappa shape index (κ1) is 19.3. The fourth-order valence-electron chi connectivity index (χ4n) is 2.75. The van der Waals surface area contributed by atoms with Crippen molar-refractivity contribution in [2.75, 3.05) is 11.9 Å². The molecule has 28 heavy (non-hydrogen) atoms. The van der Waals surface area contributed by atoms with Gasteiger partial charge in [-0.3, -0.25) is 4.79 Å². The molecule has 146 valence electrons. The number of para-hydroxylation sites is 1. The van der Waals surface area contributed by atoms with Crippen LogP contribution >= 0.6 is 0 Å². The van der Waals surface area contributed by atoms with Gasteiger partial charge in [0.05, 0.1) is 23.0 Å². The van der Waals surface area contributed by atoms with Crippen LogP contribution < -0.4 is 16.0 Å².